The van der Waals surface area contributed by atoms with Crippen molar-refractivity contribution in [3.05, 3.63) is 65.0 Å². The van der Waals surface area contributed by atoms with Crippen LogP contribution >= 0.6 is 0 Å². The zero-order valence-corrected chi connectivity index (χ0v) is 18.0. The molecule has 5 nitrogen and oxygen atoms in total. The molecule has 0 N–H and O–H groups in total. The fourth-order valence-electron chi connectivity index (χ4n) is 3.93. The van der Waals surface area contributed by atoms with Gasteiger partial charge in [-0.05, 0) is 39.8 Å². The summed E-state index contributed by atoms with van der Waals surface area (Å²) in [6, 6.07) is 7.51. The second-order valence-electron chi connectivity index (χ2n) is 8.47. The normalized spacial score (nSPS) is 22.7. The first-order chi connectivity index (χ1) is 14.3. The number of benzene rings is 2. The number of hydrogen-bond acceptors (Lipinski definition) is 4. The molecule has 1 unspecified atom stereocenters. The van der Waals surface area contributed by atoms with Crippen molar-refractivity contribution in [2.24, 2.45) is 0 Å². The molecule has 1 spiro atoms. The van der Waals surface area contributed by atoms with E-state index in [1.165, 1.54) is 24.3 Å². The largest absolute Gasteiger partial charge is 1.00 e. The van der Waals surface area contributed by atoms with Crippen LogP contribution in [0.5, 0.6) is 0 Å². The van der Waals surface area contributed by atoms with Gasteiger partial charge in [0.05, 0.1) is 0 Å². The number of anilines is 1. The summed E-state index contributed by atoms with van der Waals surface area (Å²) in [7, 11) is 0. The molecule has 2 heterocycles. The Bertz CT molecular complexity index is 1040. The quantitative estimate of drug-likeness (QED) is 0.306. The predicted molar refractivity (Wildman–Crippen MR) is 100 cm³/mol. The van der Waals surface area contributed by atoms with E-state index in [1.807, 2.05) is 0 Å². The Balaban J connectivity index is 0.00000289. The summed E-state index contributed by atoms with van der Waals surface area (Å²) in [4.78, 5) is 13.6. The monoisotopic (exact) mass is 449 g/mol. The summed E-state index contributed by atoms with van der Waals surface area (Å²) in [6.45, 7) is 3.04. The first kappa shape index (κ1) is 24.6. The molecule has 32 heavy (non-hydrogen) atoms. The second kappa shape index (κ2) is 7.77. The van der Waals surface area contributed by atoms with E-state index in [-0.39, 0.29) is 24.5 Å². The average molecular weight is 449 g/mol. The Hall–Kier alpha value is -2.06. The number of carbonyl (C=O) groups excluding carboxylic acids is 1. The van der Waals surface area contributed by atoms with Gasteiger partial charge in [0.2, 0.25) is 5.82 Å². The second-order valence-corrected chi connectivity index (χ2v) is 8.47. The van der Waals surface area contributed by atoms with Crippen molar-refractivity contribution in [3.63, 3.8) is 0 Å². The summed E-state index contributed by atoms with van der Waals surface area (Å²) in [5.74, 6) is -12.7. The zero-order valence-electron chi connectivity index (χ0n) is 18.0. The molecule has 166 valence electrons. The van der Waals surface area contributed by atoms with Crippen molar-refractivity contribution < 1.29 is 59.6 Å². The molecule has 2 aliphatic rings. The van der Waals surface area contributed by atoms with Crippen LogP contribution in [0.4, 0.5) is 32.4 Å². The Morgan fingerprint density at radius 1 is 0.812 bits per heavy atom. The van der Waals surface area contributed by atoms with Crippen LogP contribution in [0, 0.1) is 29.1 Å². The topological polar surface area (TPSA) is 48.0 Å². The van der Waals surface area contributed by atoms with Crippen LogP contribution in [0.3, 0.4) is 0 Å². The maximum atomic E-state index is 14.9. The number of hydrogen-bond donors (Lipinski definition) is 0. The van der Waals surface area contributed by atoms with Crippen LogP contribution in [0.25, 0.3) is 0 Å². The van der Waals surface area contributed by atoms with Crippen LogP contribution in [0.1, 0.15) is 39.2 Å². The maximum Gasteiger partial charge on any atom is 1.00 e. The van der Waals surface area contributed by atoms with Crippen LogP contribution in [0.2, 0.25) is 0 Å². The number of para-hydroxylation sites is 1. The first-order valence-corrected chi connectivity index (χ1v) is 9.46. The molecule has 0 aromatic heterocycles. The molecule has 4 rings (SSSR count). The van der Waals surface area contributed by atoms with Gasteiger partial charge in [0, 0.05) is 28.4 Å². The van der Waals surface area contributed by atoms with Crippen molar-refractivity contribution in [2.75, 3.05) is 4.90 Å². The molecule has 2 aliphatic heterocycles. The van der Waals surface area contributed by atoms with Crippen molar-refractivity contribution >= 4 is 18.5 Å². The smallest absolute Gasteiger partial charge is 0.625 e. The predicted octanol–water partition coefficient (Wildman–Crippen LogP) is 2.17. The van der Waals surface area contributed by atoms with E-state index in [1.54, 1.807) is 33.8 Å². The summed E-state index contributed by atoms with van der Waals surface area (Å²) < 4.78 is 88.8. The van der Waals surface area contributed by atoms with Gasteiger partial charge in [0.25, 0.3) is 0 Å². The minimum atomic E-state index is -3.34. The molecule has 0 aliphatic carbocycles. The summed E-state index contributed by atoms with van der Waals surface area (Å²) >= 11 is 0. The van der Waals surface area contributed by atoms with E-state index >= 15 is 0 Å². The van der Waals surface area contributed by atoms with Gasteiger partial charge in [-0.3, -0.25) is 0 Å². The van der Waals surface area contributed by atoms with Crippen LogP contribution < -0.4 is 23.8 Å². The summed E-state index contributed by atoms with van der Waals surface area (Å²) in [6.07, 6.45) is -1.12. The van der Waals surface area contributed by atoms with Gasteiger partial charge in [0.1, 0.15) is 0 Å². The number of nitrogens with zero attached hydrogens (tertiary/aromatic N) is 1. The van der Waals surface area contributed by atoms with E-state index in [4.69, 9.17) is 14.0 Å². The molecule has 0 bridgehead atoms. The molecule has 2 aromatic carbocycles. The van der Waals surface area contributed by atoms with Gasteiger partial charge in [-0.25, -0.2) is 26.7 Å². The van der Waals surface area contributed by atoms with Gasteiger partial charge < -0.3 is 18.9 Å². The molecule has 0 saturated carbocycles. The van der Waals surface area contributed by atoms with Crippen LogP contribution in [0.15, 0.2) is 30.3 Å². The van der Waals surface area contributed by atoms with Crippen molar-refractivity contribution in [1.29, 1.82) is 0 Å². The fourth-order valence-corrected chi connectivity index (χ4v) is 3.93. The van der Waals surface area contributed by atoms with Gasteiger partial charge in [0.15, 0.2) is 23.3 Å². The molecule has 2 saturated heterocycles. The number of amides is 1. The van der Waals surface area contributed by atoms with Crippen molar-refractivity contribution in [2.45, 2.75) is 44.8 Å². The zero-order chi connectivity index (χ0) is 22.9. The first-order valence-electron chi connectivity index (χ1n) is 9.46. The molecular weight excluding hydrogens is 431 g/mol. The van der Waals surface area contributed by atoms with E-state index in [2.05, 4.69) is 0 Å². The van der Waals surface area contributed by atoms with Gasteiger partial charge in [-0.2, -0.15) is 0 Å². The molecule has 2 aromatic rings. The fraction of sp³-hybridized carbons (Fsp3) is 0.350. The van der Waals surface area contributed by atoms with Crippen LogP contribution in [-0.4, -0.2) is 24.0 Å². The Morgan fingerprint density at radius 2 is 1.25 bits per heavy atom. The number of halogens is 5. The Morgan fingerprint density at radius 3 is 1.72 bits per heavy atom. The summed E-state index contributed by atoms with van der Waals surface area (Å²) in [5.41, 5.74) is -3.46. The van der Waals surface area contributed by atoms with E-state index in [0.717, 1.165) is 4.90 Å². The Kier molecular flexibility index (Phi) is 5.97. The molecule has 2 fully saturated rings. The third-order valence-corrected chi connectivity index (χ3v) is 6.07. The summed E-state index contributed by atoms with van der Waals surface area (Å²) in [5, 5.41) is 0. The van der Waals surface area contributed by atoms with Crippen LogP contribution in [-0.2, 0) is 14.0 Å². The SMILES string of the molecule is CC1(C)O[B-]2(OC(=O)N(c3ccccc3)C2c2c(F)c(F)c(F)c(F)c2F)OC1(C)C.[Li+]. The van der Waals surface area contributed by atoms with Crippen molar-refractivity contribution in [3.8, 4) is 0 Å². The van der Waals surface area contributed by atoms with E-state index < -0.39 is 64.6 Å². The number of rotatable bonds is 2. The van der Waals surface area contributed by atoms with E-state index in [9.17, 15) is 26.7 Å². The third-order valence-electron chi connectivity index (χ3n) is 6.07. The van der Waals surface area contributed by atoms with Gasteiger partial charge >= 0.3 is 31.7 Å². The van der Waals surface area contributed by atoms with Gasteiger partial charge in [-0.1, -0.05) is 18.2 Å². The standard InChI is InChI=1S/C20H18BF5NO4.Li/c1-19(2)20(3,4)31-21(30-19)17(11-12(22)14(24)16(26)15(25)13(11)23)27(18(28)29-21)10-8-6-5-7-9-10;/h5-9,17H,1-4H3;/q-1;+1. The van der Waals surface area contributed by atoms with Gasteiger partial charge in [-0.15, -0.1) is 0 Å². The number of carbonyl (C=O) groups is 1. The molecule has 0 radical (unpaired) electrons. The molecular formula is C20H18BF5LiNO4. The molecule has 1 atom stereocenters. The molecule has 12 heteroatoms. The maximum absolute atomic E-state index is 14.9. The Labute approximate surface area is 193 Å². The van der Waals surface area contributed by atoms with Crippen molar-refractivity contribution in [1.82, 2.24) is 0 Å². The minimum Gasteiger partial charge on any atom is -0.625 e. The minimum absolute atomic E-state index is 0. The van der Waals surface area contributed by atoms with E-state index in [0.29, 0.717) is 0 Å². The third kappa shape index (κ3) is 3.34. The average Bonchev–Trinajstić information content (AvgIpc) is 3.05. The molecule has 1 amide bonds.